The quantitative estimate of drug-likeness (QED) is 0.807. The summed E-state index contributed by atoms with van der Waals surface area (Å²) in [5, 5.41) is 3.63. The molecule has 1 amide bonds. The number of nitrogens with one attached hydrogen (secondary N) is 3. The van der Waals surface area contributed by atoms with E-state index in [1.165, 1.54) is 0 Å². The van der Waals surface area contributed by atoms with Crippen LogP contribution >= 0.6 is 11.6 Å². The van der Waals surface area contributed by atoms with E-state index in [1.807, 2.05) is 36.4 Å². The summed E-state index contributed by atoms with van der Waals surface area (Å²) >= 11 is 6.20. The van der Waals surface area contributed by atoms with Crippen LogP contribution in [0.5, 0.6) is 0 Å². The summed E-state index contributed by atoms with van der Waals surface area (Å²) in [7, 11) is 0. The van der Waals surface area contributed by atoms with E-state index in [-0.39, 0.29) is 18.0 Å². The topological polar surface area (TPSA) is 66.0 Å². The molecule has 0 radical (unpaired) electrons. The van der Waals surface area contributed by atoms with Gasteiger partial charge in [-0.25, -0.2) is 10.9 Å². The van der Waals surface area contributed by atoms with Crippen molar-refractivity contribution in [3.05, 3.63) is 64.9 Å². The average molecular weight is 317 g/mol. The maximum atomic E-state index is 12.2. The van der Waals surface area contributed by atoms with Crippen molar-refractivity contribution in [3.8, 4) is 0 Å². The molecule has 2 aromatic rings. The number of pyridine rings is 1. The number of hydrogen-bond donors (Lipinski definition) is 3. The first kappa shape index (κ1) is 15.0. The highest BCUT2D eigenvalue weighted by atomic mass is 35.5. The summed E-state index contributed by atoms with van der Waals surface area (Å²) in [6.07, 6.45) is 4.08. The molecule has 0 bridgehead atoms. The molecule has 1 aliphatic heterocycles. The van der Waals surface area contributed by atoms with E-state index in [1.54, 1.807) is 12.4 Å². The van der Waals surface area contributed by atoms with Gasteiger partial charge >= 0.3 is 0 Å². The Morgan fingerprint density at radius 2 is 2.00 bits per heavy atom. The number of hydrogen-bond acceptors (Lipinski definition) is 4. The molecule has 1 saturated heterocycles. The number of carbonyl (C=O) groups is 1. The highest BCUT2D eigenvalue weighted by molar-refractivity contribution is 6.31. The van der Waals surface area contributed by atoms with Gasteiger partial charge in [0.2, 0.25) is 5.91 Å². The van der Waals surface area contributed by atoms with E-state index < -0.39 is 0 Å². The lowest BCUT2D eigenvalue weighted by Crippen LogP contribution is -2.42. The second kappa shape index (κ2) is 6.87. The molecule has 0 spiro atoms. The van der Waals surface area contributed by atoms with Gasteiger partial charge < -0.3 is 5.32 Å². The van der Waals surface area contributed by atoms with Crippen molar-refractivity contribution < 1.29 is 4.79 Å². The van der Waals surface area contributed by atoms with Crippen LogP contribution in [0.1, 0.15) is 23.6 Å². The Labute approximate surface area is 134 Å². The average Bonchev–Trinajstić information content (AvgIpc) is 3.04. The van der Waals surface area contributed by atoms with Crippen LogP contribution in [-0.2, 0) is 11.3 Å². The Balaban J connectivity index is 1.56. The van der Waals surface area contributed by atoms with Gasteiger partial charge in [0.15, 0.2) is 0 Å². The molecule has 1 aromatic heterocycles. The lowest BCUT2D eigenvalue weighted by Gasteiger charge is -2.11. The van der Waals surface area contributed by atoms with E-state index in [4.69, 9.17) is 11.6 Å². The molecule has 5 nitrogen and oxygen atoms in total. The lowest BCUT2D eigenvalue weighted by molar-refractivity contribution is -0.123. The van der Waals surface area contributed by atoms with Gasteiger partial charge in [0.25, 0.3) is 0 Å². The monoisotopic (exact) mass is 316 g/mol. The minimum absolute atomic E-state index is 0.0288. The number of carbonyl (C=O) groups excluding carboxylic acids is 1. The number of amides is 1. The Morgan fingerprint density at radius 1 is 1.23 bits per heavy atom. The number of rotatable bonds is 4. The fourth-order valence-corrected chi connectivity index (χ4v) is 2.77. The molecule has 2 heterocycles. The molecule has 1 aromatic carbocycles. The molecule has 2 atom stereocenters. The molecule has 0 saturated carbocycles. The second-order valence-corrected chi connectivity index (χ2v) is 5.63. The molecule has 2 unspecified atom stereocenters. The number of hydrazine groups is 1. The highest BCUT2D eigenvalue weighted by Crippen LogP contribution is 2.28. The van der Waals surface area contributed by atoms with E-state index >= 15 is 0 Å². The lowest BCUT2D eigenvalue weighted by atomic mass is 10.0. The number of benzene rings is 1. The van der Waals surface area contributed by atoms with E-state index in [0.29, 0.717) is 18.0 Å². The second-order valence-electron chi connectivity index (χ2n) is 5.22. The van der Waals surface area contributed by atoms with Crippen LogP contribution in [0, 0.1) is 0 Å². The maximum Gasteiger partial charge on any atom is 0.238 e. The van der Waals surface area contributed by atoms with Crippen LogP contribution in [0.15, 0.2) is 48.8 Å². The molecule has 1 fully saturated rings. The minimum atomic E-state index is -0.275. The Kier molecular flexibility index (Phi) is 4.68. The predicted molar refractivity (Wildman–Crippen MR) is 85.0 cm³/mol. The van der Waals surface area contributed by atoms with Crippen molar-refractivity contribution >= 4 is 17.5 Å². The number of nitrogens with zero attached hydrogens (tertiary/aromatic N) is 1. The Morgan fingerprint density at radius 3 is 2.77 bits per heavy atom. The van der Waals surface area contributed by atoms with Crippen molar-refractivity contribution in [2.45, 2.75) is 25.0 Å². The zero-order valence-corrected chi connectivity index (χ0v) is 12.7. The molecule has 0 aliphatic carbocycles. The van der Waals surface area contributed by atoms with Crippen LogP contribution in [0.25, 0.3) is 0 Å². The fourth-order valence-electron chi connectivity index (χ4n) is 2.50. The number of halogens is 1. The van der Waals surface area contributed by atoms with Crippen LogP contribution in [0.3, 0.4) is 0 Å². The van der Waals surface area contributed by atoms with Crippen molar-refractivity contribution in [1.29, 1.82) is 0 Å². The zero-order valence-electron chi connectivity index (χ0n) is 11.9. The smallest absolute Gasteiger partial charge is 0.238 e. The molecule has 3 rings (SSSR count). The van der Waals surface area contributed by atoms with Gasteiger partial charge in [-0.3, -0.25) is 9.78 Å². The third-order valence-electron chi connectivity index (χ3n) is 3.72. The first-order valence-electron chi connectivity index (χ1n) is 7.16. The first-order chi connectivity index (χ1) is 10.7. The van der Waals surface area contributed by atoms with Crippen LogP contribution in [0.2, 0.25) is 5.02 Å². The summed E-state index contributed by atoms with van der Waals surface area (Å²) in [4.78, 5) is 16.2. The molecular formula is C16H17ClN4O. The molecule has 6 heteroatoms. The highest BCUT2D eigenvalue weighted by Gasteiger charge is 2.30. The van der Waals surface area contributed by atoms with Gasteiger partial charge in [-0.1, -0.05) is 29.8 Å². The van der Waals surface area contributed by atoms with E-state index in [2.05, 4.69) is 21.2 Å². The Bertz CT molecular complexity index is 650. The minimum Gasteiger partial charge on any atom is -0.351 e. The summed E-state index contributed by atoms with van der Waals surface area (Å²) in [6, 6.07) is 11.2. The standard InChI is InChI=1S/C16H17ClN4O/c17-13-4-2-1-3-12(13)14-9-15(21-20-14)16(22)19-10-11-5-7-18-8-6-11/h1-8,14-15,20-21H,9-10H2,(H,19,22). The van der Waals surface area contributed by atoms with Gasteiger partial charge in [-0.05, 0) is 35.7 Å². The molecule has 3 N–H and O–H groups in total. The molecular weight excluding hydrogens is 300 g/mol. The zero-order chi connectivity index (χ0) is 15.4. The first-order valence-corrected chi connectivity index (χ1v) is 7.54. The molecule has 22 heavy (non-hydrogen) atoms. The fraction of sp³-hybridized carbons (Fsp3) is 0.250. The van der Waals surface area contributed by atoms with Gasteiger partial charge in [0.1, 0.15) is 6.04 Å². The maximum absolute atomic E-state index is 12.2. The van der Waals surface area contributed by atoms with Crippen molar-refractivity contribution in [2.24, 2.45) is 0 Å². The van der Waals surface area contributed by atoms with Gasteiger partial charge in [-0.2, -0.15) is 0 Å². The summed E-state index contributed by atoms with van der Waals surface area (Å²) in [5.74, 6) is -0.0288. The summed E-state index contributed by atoms with van der Waals surface area (Å²) < 4.78 is 0. The van der Waals surface area contributed by atoms with Crippen LogP contribution in [0.4, 0.5) is 0 Å². The largest absolute Gasteiger partial charge is 0.351 e. The van der Waals surface area contributed by atoms with E-state index in [0.717, 1.165) is 11.1 Å². The summed E-state index contributed by atoms with van der Waals surface area (Å²) in [6.45, 7) is 0.496. The van der Waals surface area contributed by atoms with Crippen molar-refractivity contribution in [1.82, 2.24) is 21.2 Å². The van der Waals surface area contributed by atoms with Gasteiger partial charge in [0.05, 0.1) is 0 Å². The van der Waals surface area contributed by atoms with Gasteiger partial charge in [0, 0.05) is 30.0 Å². The van der Waals surface area contributed by atoms with E-state index in [9.17, 15) is 4.79 Å². The third kappa shape index (κ3) is 3.44. The van der Waals surface area contributed by atoms with Crippen LogP contribution in [-0.4, -0.2) is 16.9 Å². The normalized spacial score (nSPS) is 20.8. The number of aromatic nitrogens is 1. The Hall–Kier alpha value is -1.95. The molecule has 1 aliphatic rings. The van der Waals surface area contributed by atoms with Gasteiger partial charge in [-0.15, -0.1) is 0 Å². The third-order valence-corrected chi connectivity index (χ3v) is 4.06. The summed E-state index contributed by atoms with van der Waals surface area (Å²) in [5.41, 5.74) is 8.20. The predicted octanol–water partition coefficient (Wildman–Crippen LogP) is 1.96. The van der Waals surface area contributed by atoms with Crippen LogP contribution < -0.4 is 16.2 Å². The van der Waals surface area contributed by atoms with Crippen molar-refractivity contribution in [3.63, 3.8) is 0 Å². The SMILES string of the molecule is O=C(NCc1ccncc1)C1CC(c2ccccc2Cl)NN1. The molecule has 114 valence electrons. The van der Waals surface area contributed by atoms with Crippen molar-refractivity contribution in [2.75, 3.05) is 0 Å².